The molecule has 2 aromatic rings. The summed E-state index contributed by atoms with van der Waals surface area (Å²) in [5.74, 6) is 0.129. The van der Waals surface area contributed by atoms with Gasteiger partial charge in [-0.05, 0) is 30.5 Å². The molecule has 2 rings (SSSR count). The summed E-state index contributed by atoms with van der Waals surface area (Å²) in [6.07, 6.45) is 0. The zero-order valence-corrected chi connectivity index (χ0v) is 12.3. The third kappa shape index (κ3) is 3.06. The molecule has 0 aliphatic heterocycles. The maximum absolute atomic E-state index is 11.8. The van der Waals surface area contributed by atoms with Gasteiger partial charge in [0.1, 0.15) is 12.4 Å². The van der Waals surface area contributed by atoms with E-state index in [9.17, 15) is 4.79 Å². The number of carbonyl (C=O) groups excluding carboxylic acids is 1. The minimum atomic E-state index is -1.35. The van der Waals surface area contributed by atoms with Gasteiger partial charge in [-0.2, -0.15) is 0 Å². The van der Waals surface area contributed by atoms with Crippen LogP contribution in [0.5, 0.6) is 5.75 Å². The zero-order chi connectivity index (χ0) is 15.5. The highest BCUT2D eigenvalue weighted by Crippen LogP contribution is 2.25. The Morgan fingerprint density at radius 2 is 1.62 bits per heavy atom. The maximum Gasteiger partial charge on any atom is 0.245 e. The zero-order valence-electron chi connectivity index (χ0n) is 12.3. The molecule has 4 nitrogen and oxygen atoms in total. The summed E-state index contributed by atoms with van der Waals surface area (Å²) in [5, 5.41) is 0. The summed E-state index contributed by atoms with van der Waals surface area (Å²) >= 11 is 0. The number of primary amides is 1. The molecule has 0 aromatic heterocycles. The Balaban J connectivity index is 2.28. The lowest BCUT2D eigenvalue weighted by Crippen LogP contribution is -2.53. The first-order chi connectivity index (χ1) is 9.95. The molecular formula is C17H20N2O2. The van der Waals surface area contributed by atoms with Crippen LogP contribution in [0.4, 0.5) is 0 Å². The van der Waals surface area contributed by atoms with E-state index in [2.05, 4.69) is 0 Å². The predicted molar refractivity (Wildman–Crippen MR) is 82.9 cm³/mol. The molecule has 1 atom stereocenters. The van der Waals surface area contributed by atoms with Crippen LogP contribution in [-0.4, -0.2) is 12.5 Å². The molecule has 1 unspecified atom stereocenters. The second-order valence-electron chi connectivity index (χ2n) is 5.21. The molecule has 0 radical (unpaired) electrons. The van der Waals surface area contributed by atoms with Crippen molar-refractivity contribution in [2.24, 2.45) is 11.5 Å². The van der Waals surface area contributed by atoms with Gasteiger partial charge in [-0.1, -0.05) is 48.5 Å². The number of ether oxygens (including phenoxy) is 1. The van der Waals surface area contributed by atoms with Gasteiger partial charge in [0.2, 0.25) is 5.91 Å². The molecule has 0 saturated carbocycles. The molecule has 21 heavy (non-hydrogen) atoms. The highest BCUT2D eigenvalue weighted by atomic mass is 16.5. The standard InChI is InChI=1S/C17H20N2O2/c1-12-7-6-8-13(2)15(12)21-11-17(19,16(18)20)14-9-4-3-5-10-14/h3-10H,11,19H2,1-2H3,(H2,18,20). The first kappa shape index (κ1) is 15.1. The molecule has 2 aromatic carbocycles. The molecule has 0 heterocycles. The monoisotopic (exact) mass is 284 g/mol. The average Bonchev–Trinajstić information content (AvgIpc) is 2.47. The van der Waals surface area contributed by atoms with E-state index in [1.807, 2.05) is 50.2 Å². The second-order valence-corrected chi connectivity index (χ2v) is 5.21. The average molecular weight is 284 g/mol. The number of carbonyl (C=O) groups is 1. The van der Waals surface area contributed by atoms with Crippen LogP contribution in [0.25, 0.3) is 0 Å². The number of benzene rings is 2. The third-order valence-corrected chi connectivity index (χ3v) is 3.58. The van der Waals surface area contributed by atoms with Crippen LogP contribution in [0.1, 0.15) is 16.7 Å². The fourth-order valence-electron chi connectivity index (χ4n) is 2.25. The van der Waals surface area contributed by atoms with Gasteiger partial charge in [0.05, 0.1) is 0 Å². The molecule has 0 aliphatic rings. The molecule has 0 fully saturated rings. The van der Waals surface area contributed by atoms with Gasteiger partial charge < -0.3 is 16.2 Å². The minimum absolute atomic E-state index is 0.00194. The molecule has 0 spiro atoms. The summed E-state index contributed by atoms with van der Waals surface area (Å²) in [6.45, 7) is 3.90. The van der Waals surface area contributed by atoms with Gasteiger partial charge >= 0.3 is 0 Å². The Hall–Kier alpha value is -2.33. The molecule has 0 bridgehead atoms. The van der Waals surface area contributed by atoms with E-state index in [0.29, 0.717) is 5.56 Å². The normalized spacial score (nSPS) is 13.5. The van der Waals surface area contributed by atoms with Crippen molar-refractivity contribution in [3.63, 3.8) is 0 Å². The molecule has 4 heteroatoms. The first-order valence-corrected chi connectivity index (χ1v) is 6.78. The van der Waals surface area contributed by atoms with Crippen LogP contribution in [0, 0.1) is 13.8 Å². The molecule has 110 valence electrons. The van der Waals surface area contributed by atoms with Crippen molar-refractivity contribution in [1.82, 2.24) is 0 Å². The van der Waals surface area contributed by atoms with Crippen molar-refractivity contribution >= 4 is 5.91 Å². The highest BCUT2D eigenvalue weighted by Gasteiger charge is 2.35. The Morgan fingerprint density at radius 3 is 2.14 bits per heavy atom. The van der Waals surface area contributed by atoms with E-state index < -0.39 is 11.4 Å². The van der Waals surface area contributed by atoms with Crippen molar-refractivity contribution in [1.29, 1.82) is 0 Å². The summed E-state index contributed by atoms with van der Waals surface area (Å²) in [6, 6.07) is 14.9. The Morgan fingerprint density at radius 1 is 1.05 bits per heavy atom. The topological polar surface area (TPSA) is 78.3 Å². The number of hydrogen-bond acceptors (Lipinski definition) is 3. The van der Waals surface area contributed by atoms with Crippen molar-refractivity contribution in [2.75, 3.05) is 6.61 Å². The Bertz CT molecular complexity index is 620. The lowest BCUT2D eigenvalue weighted by Gasteiger charge is -2.27. The number of aryl methyl sites for hydroxylation is 2. The summed E-state index contributed by atoms with van der Waals surface area (Å²) in [5.41, 5.74) is 13.0. The molecule has 1 amide bonds. The summed E-state index contributed by atoms with van der Waals surface area (Å²) in [4.78, 5) is 11.8. The molecule has 0 aliphatic carbocycles. The fourth-order valence-corrected chi connectivity index (χ4v) is 2.25. The molecular weight excluding hydrogens is 264 g/mol. The maximum atomic E-state index is 11.8. The van der Waals surface area contributed by atoms with E-state index in [4.69, 9.17) is 16.2 Å². The van der Waals surface area contributed by atoms with Crippen LogP contribution in [-0.2, 0) is 10.3 Å². The number of amides is 1. The van der Waals surface area contributed by atoms with Gasteiger partial charge in [-0.25, -0.2) is 0 Å². The van der Waals surface area contributed by atoms with Crippen LogP contribution < -0.4 is 16.2 Å². The molecule has 0 saturated heterocycles. The van der Waals surface area contributed by atoms with E-state index in [-0.39, 0.29) is 6.61 Å². The second kappa shape index (κ2) is 5.97. The van der Waals surface area contributed by atoms with Crippen molar-refractivity contribution < 1.29 is 9.53 Å². The van der Waals surface area contributed by atoms with Crippen LogP contribution >= 0.6 is 0 Å². The Labute approximate surface area is 124 Å². The van der Waals surface area contributed by atoms with E-state index >= 15 is 0 Å². The third-order valence-electron chi connectivity index (χ3n) is 3.58. The number of nitrogens with two attached hydrogens (primary N) is 2. The van der Waals surface area contributed by atoms with Crippen LogP contribution in [0.3, 0.4) is 0 Å². The minimum Gasteiger partial charge on any atom is -0.490 e. The van der Waals surface area contributed by atoms with E-state index in [0.717, 1.165) is 16.9 Å². The predicted octanol–water partition coefficient (Wildman–Crippen LogP) is 2.02. The van der Waals surface area contributed by atoms with E-state index in [1.54, 1.807) is 12.1 Å². The van der Waals surface area contributed by atoms with Crippen LogP contribution in [0.2, 0.25) is 0 Å². The number of rotatable bonds is 5. The van der Waals surface area contributed by atoms with Gasteiger partial charge in [0.25, 0.3) is 0 Å². The van der Waals surface area contributed by atoms with Gasteiger partial charge in [-0.3, -0.25) is 4.79 Å². The Kier molecular flexibility index (Phi) is 4.29. The largest absolute Gasteiger partial charge is 0.490 e. The quantitative estimate of drug-likeness (QED) is 0.881. The summed E-state index contributed by atoms with van der Waals surface area (Å²) in [7, 11) is 0. The summed E-state index contributed by atoms with van der Waals surface area (Å²) < 4.78 is 5.82. The van der Waals surface area contributed by atoms with E-state index in [1.165, 1.54) is 0 Å². The van der Waals surface area contributed by atoms with Gasteiger partial charge in [-0.15, -0.1) is 0 Å². The fraction of sp³-hybridized carbons (Fsp3) is 0.235. The van der Waals surface area contributed by atoms with Crippen molar-refractivity contribution in [3.05, 3.63) is 65.2 Å². The lowest BCUT2D eigenvalue weighted by atomic mass is 9.91. The molecule has 4 N–H and O–H groups in total. The van der Waals surface area contributed by atoms with Gasteiger partial charge in [0, 0.05) is 0 Å². The van der Waals surface area contributed by atoms with Crippen LogP contribution in [0.15, 0.2) is 48.5 Å². The SMILES string of the molecule is Cc1cccc(C)c1OCC(N)(C(N)=O)c1ccccc1. The highest BCUT2D eigenvalue weighted by molar-refractivity contribution is 5.86. The first-order valence-electron chi connectivity index (χ1n) is 6.78. The number of para-hydroxylation sites is 1. The van der Waals surface area contributed by atoms with Crippen molar-refractivity contribution in [2.45, 2.75) is 19.4 Å². The number of hydrogen-bond donors (Lipinski definition) is 2. The van der Waals surface area contributed by atoms with Gasteiger partial charge in [0.15, 0.2) is 5.54 Å². The lowest BCUT2D eigenvalue weighted by molar-refractivity contribution is -0.124. The smallest absolute Gasteiger partial charge is 0.245 e. The van der Waals surface area contributed by atoms with Crippen molar-refractivity contribution in [3.8, 4) is 5.75 Å².